The van der Waals surface area contributed by atoms with Crippen molar-refractivity contribution in [2.24, 2.45) is 22.2 Å². The number of aliphatic imine (C=N–C) groups is 1. The lowest BCUT2D eigenvalue weighted by molar-refractivity contribution is -0.147. The second-order valence-corrected chi connectivity index (χ2v) is 8.60. The first-order chi connectivity index (χ1) is 16.3. The van der Waals surface area contributed by atoms with Crippen LogP contribution in [0.3, 0.4) is 0 Å². The molecule has 12 N–H and O–H groups in total. The number of nitrogens with zero attached hydrogens (tertiary/aromatic N) is 1. The Kier molecular flexibility index (Phi) is 15.0. The maximum Gasteiger partial charge on any atom is 0.326 e. The smallest absolute Gasteiger partial charge is 0.326 e. The maximum atomic E-state index is 13.0. The highest BCUT2D eigenvalue weighted by atomic mass is 32.2. The molecule has 0 aromatic carbocycles. The molecule has 35 heavy (non-hydrogen) atoms. The van der Waals surface area contributed by atoms with E-state index in [1.807, 2.05) is 0 Å². The number of hydrogen-bond donors (Lipinski definition) is 9. The summed E-state index contributed by atoms with van der Waals surface area (Å²) in [7, 11) is 0. The highest BCUT2D eigenvalue weighted by Gasteiger charge is 2.31. The molecular formula is C19H35N7O8S. The van der Waals surface area contributed by atoms with E-state index in [0.29, 0.717) is 5.75 Å². The third-order valence-electron chi connectivity index (χ3n) is 4.64. The number of nitrogens with two attached hydrogens (primary N) is 3. The first-order valence-electron chi connectivity index (χ1n) is 10.6. The van der Waals surface area contributed by atoms with Crippen molar-refractivity contribution in [3.8, 4) is 0 Å². The molecule has 0 saturated heterocycles. The molecule has 0 fully saturated rings. The van der Waals surface area contributed by atoms with Gasteiger partial charge in [0.15, 0.2) is 5.96 Å². The molecule has 0 radical (unpaired) electrons. The Morgan fingerprint density at radius 2 is 1.43 bits per heavy atom. The van der Waals surface area contributed by atoms with Gasteiger partial charge in [-0.2, -0.15) is 11.8 Å². The molecule has 0 aliphatic carbocycles. The quantitative estimate of drug-likeness (QED) is 0.0512. The number of aliphatic hydroxyl groups excluding tert-OH is 1. The minimum absolute atomic E-state index is 0.0501. The SMILES string of the molecule is CSCCC(NC(=O)C(CCCN=C(N)N)NC(=O)C(N)C(C)O)C(=O)NC(CC(=O)O)C(=O)O. The van der Waals surface area contributed by atoms with Crippen LogP contribution in [-0.2, 0) is 24.0 Å². The average Bonchev–Trinajstić information content (AvgIpc) is 2.76. The molecular weight excluding hydrogens is 486 g/mol. The van der Waals surface area contributed by atoms with E-state index in [2.05, 4.69) is 20.9 Å². The summed E-state index contributed by atoms with van der Waals surface area (Å²) < 4.78 is 0. The highest BCUT2D eigenvalue weighted by molar-refractivity contribution is 7.98. The molecule has 0 rings (SSSR count). The fourth-order valence-electron chi connectivity index (χ4n) is 2.68. The van der Waals surface area contributed by atoms with Crippen LogP contribution in [0.15, 0.2) is 4.99 Å². The molecule has 0 aromatic rings. The monoisotopic (exact) mass is 521 g/mol. The fraction of sp³-hybridized carbons (Fsp3) is 0.684. The molecule has 15 nitrogen and oxygen atoms in total. The fourth-order valence-corrected chi connectivity index (χ4v) is 3.15. The minimum atomic E-state index is -1.70. The van der Waals surface area contributed by atoms with Crippen LogP contribution in [0.1, 0.15) is 32.6 Å². The van der Waals surface area contributed by atoms with Crippen LogP contribution in [0.5, 0.6) is 0 Å². The van der Waals surface area contributed by atoms with Gasteiger partial charge in [-0.25, -0.2) is 4.79 Å². The molecule has 5 atom stereocenters. The lowest BCUT2D eigenvalue weighted by Gasteiger charge is -2.25. The van der Waals surface area contributed by atoms with Crippen LogP contribution in [-0.4, -0.2) is 99.8 Å². The summed E-state index contributed by atoms with van der Waals surface area (Å²) in [6, 6.07) is -5.41. The van der Waals surface area contributed by atoms with Gasteiger partial charge in [-0.3, -0.25) is 24.2 Å². The predicted molar refractivity (Wildman–Crippen MR) is 128 cm³/mol. The van der Waals surface area contributed by atoms with E-state index >= 15 is 0 Å². The lowest BCUT2D eigenvalue weighted by atomic mass is 10.1. The van der Waals surface area contributed by atoms with Crippen molar-refractivity contribution in [2.75, 3.05) is 18.6 Å². The standard InChI is InChI=1S/C19H35N7O8S/c1-9(27)14(20)17(32)25-10(4-3-6-23-19(21)22)15(30)24-11(5-7-35-2)16(31)26-12(18(33)34)8-13(28)29/h9-12,14,27H,3-8,20H2,1-2H3,(H,24,30)(H,25,32)(H,26,31)(H,28,29)(H,33,34)(H4,21,22,23). The number of carbonyl (C=O) groups excluding carboxylic acids is 3. The minimum Gasteiger partial charge on any atom is -0.481 e. The first kappa shape index (κ1) is 31.9. The first-order valence-corrected chi connectivity index (χ1v) is 12.0. The van der Waals surface area contributed by atoms with Gasteiger partial charge in [0.1, 0.15) is 24.2 Å². The van der Waals surface area contributed by atoms with E-state index in [9.17, 15) is 34.2 Å². The Labute approximate surface area is 206 Å². The molecule has 0 spiro atoms. The van der Waals surface area contributed by atoms with Gasteiger partial charge in [0.05, 0.1) is 12.5 Å². The summed E-state index contributed by atoms with van der Waals surface area (Å²) in [5, 5.41) is 34.6. The van der Waals surface area contributed by atoms with Crippen molar-refractivity contribution in [3.05, 3.63) is 0 Å². The zero-order valence-corrected chi connectivity index (χ0v) is 20.4. The van der Waals surface area contributed by atoms with Crippen LogP contribution in [0.4, 0.5) is 0 Å². The van der Waals surface area contributed by atoms with Gasteiger partial charge in [0.2, 0.25) is 17.7 Å². The van der Waals surface area contributed by atoms with Gasteiger partial charge in [0, 0.05) is 6.54 Å². The number of aliphatic carboxylic acids is 2. The van der Waals surface area contributed by atoms with E-state index in [1.165, 1.54) is 18.7 Å². The summed E-state index contributed by atoms with van der Waals surface area (Å²) in [5.41, 5.74) is 16.2. The van der Waals surface area contributed by atoms with E-state index in [0.717, 1.165) is 0 Å². The molecule has 0 heterocycles. The largest absolute Gasteiger partial charge is 0.481 e. The molecule has 200 valence electrons. The molecule has 0 aliphatic heterocycles. The number of guanidine groups is 1. The number of carbonyl (C=O) groups is 5. The molecule has 16 heteroatoms. The van der Waals surface area contributed by atoms with Crippen molar-refractivity contribution in [1.29, 1.82) is 0 Å². The number of rotatable bonds is 17. The normalized spacial score (nSPS) is 15.0. The second-order valence-electron chi connectivity index (χ2n) is 7.62. The van der Waals surface area contributed by atoms with Crippen LogP contribution in [0.25, 0.3) is 0 Å². The number of aliphatic hydroxyl groups is 1. The molecule has 5 unspecified atom stereocenters. The van der Waals surface area contributed by atoms with E-state index < -0.39 is 66.4 Å². The molecule has 0 aliphatic rings. The lowest BCUT2D eigenvalue weighted by Crippen LogP contribution is -2.58. The van der Waals surface area contributed by atoms with Crippen LogP contribution in [0.2, 0.25) is 0 Å². The topological polar surface area (TPSA) is 273 Å². The third-order valence-corrected chi connectivity index (χ3v) is 5.28. The summed E-state index contributed by atoms with van der Waals surface area (Å²) in [5.74, 6) is -5.20. The van der Waals surface area contributed by atoms with Crippen LogP contribution in [0, 0.1) is 0 Å². The summed E-state index contributed by atoms with van der Waals surface area (Å²) in [6.07, 6.45) is 0.120. The zero-order chi connectivity index (χ0) is 27.1. The number of hydrogen-bond acceptors (Lipinski definition) is 9. The molecule has 0 saturated carbocycles. The van der Waals surface area contributed by atoms with Crippen molar-refractivity contribution >= 4 is 47.4 Å². The van der Waals surface area contributed by atoms with Gasteiger partial charge in [-0.15, -0.1) is 0 Å². The van der Waals surface area contributed by atoms with Gasteiger partial charge >= 0.3 is 11.9 Å². The summed E-state index contributed by atoms with van der Waals surface area (Å²) >= 11 is 1.36. The molecule has 3 amide bonds. The predicted octanol–water partition coefficient (Wildman–Crippen LogP) is -3.49. The van der Waals surface area contributed by atoms with Crippen molar-refractivity contribution in [2.45, 2.75) is 62.9 Å². The van der Waals surface area contributed by atoms with E-state index in [4.69, 9.17) is 22.3 Å². The number of carboxylic acid groups (broad SMARTS) is 2. The molecule has 0 bridgehead atoms. The highest BCUT2D eigenvalue weighted by Crippen LogP contribution is 2.06. The van der Waals surface area contributed by atoms with Gasteiger partial charge < -0.3 is 48.5 Å². The van der Waals surface area contributed by atoms with Gasteiger partial charge in [-0.05, 0) is 38.2 Å². The summed E-state index contributed by atoms with van der Waals surface area (Å²) in [6.45, 7) is 1.45. The average molecular weight is 522 g/mol. The Balaban J connectivity index is 5.58. The molecule has 0 aromatic heterocycles. The van der Waals surface area contributed by atoms with Crippen LogP contribution < -0.4 is 33.2 Å². The second kappa shape index (κ2) is 16.5. The number of carboxylic acids is 2. The Morgan fingerprint density at radius 3 is 1.89 bits per heavy atom. The maximum absolute atomic E-state index is 13.0. The number of thioether (sulfide) groups is 1. The van der Waals surface area contributed by atoms with Crippen molar-refractivity contribution in [1.82, 2.24) is 16.0 Å². The number of amides is 3. The van der Waals surface area contributed by atoms with Crippen molar-refractivity contribution < 1.29 is 39.3 Å². The Hall–Kier alpha value is -3.11. The van der Waals surface area contributed by atoms with E-state index in [1.54, 1.807) is 6.26 Å². The summed E-state index contributed by atoms with van der Waals surface area (Å²) in [4.78, 5) is 63.9. The van der Waals surface area contributed by atoms with Crippen LogP contribution >= 0.6 is 11.8 Å². The Morgan fingerprint density at radius 1 is 0.914 bits per heavy atom. The Bertz CT molecular complexity index is 776. The van der Waals surface area contributed by atoms with Gasteiger partial charge in [0.25, 0.3) is 0 Å². The van der Waals surface area contributed by atoms with E-state index in [-0.39, 0.29) is 31.8 Å². The van der Waals surface area contributed by atoms with Crippen molar-refractivity contribution in [3.63, 3.8) is 0 Å². The van der Waals surface area contributed by atoms with Gasteiger partial charge in [-0.1, -0.05) is 0 Å². The number of nitrogens with one attached hydrogen (secondary N) is 3. The third kappa shape index (κ3) is 13.4. The zero-order valence-electron chi connectivity index (χ0n) is 19.6.